The van der Waals surface area contributed by atoms with E-state index in [0.717, 1.165) is 35.2 Å². The van der Waals surface area contributed by atoms with Gasteiger partial charge in [0.25, 0.3) is 0 Å². The van der Waals surface area contributed by atoms with Crippen LogP contribution in [-0.2, 0) is 32.0 Å². The lowest BCUT2D eigenvalue weighted by atomic mass is 9.91. The Hall–Kier alpha value is -2.97. The lowest BCUT2D eigenvalue weighted by Crippen LogP contribution is -2.62. The average molecular weight is 555 g/mol. The zero-order valence-electron chi connectivity index (χ0n) is 23.3. The third kappa shape index (κ3) is 6.79. The molecule has 1 aromatic heterocycles. The SMILES string of the molecule is CCOC(=O)CCCNC(=O)[C@H]1CN(C(=O)C(C)(C)C)CCN1C1c2ccc(Cl)cc2CCc2cccnc21. The van der Waals surface area contributed by atoms with Gasteiger partial charge in [0.1, 0.15) is 6.04 Å². The summed E-state index contributed by atoms with van der Waals surface area (Å²) in [4.78, 5) is 47.6. The summed E-state index contributed by atoms with van der Waals surface area (Å²) in [6.07, 6.45) is 4.19. The van der Waals surface area contributed by atoms with Crippen molar-refractivity contribution >= 4 is 29.4 Å². The fourth-order valence-corrected chi connectivity index (χ4v) is 5.71. The lowest BCUT2D eigenvalue weighted by Gasteiger charge is -2.45. The van der Waals surface area contributed by atoms with E-state index in [1.54, 1.807) is 18.0 Å². The van der Waals surface area contributed by atoms with E-state index in [4.69, 9.17) is 21.3 Å². The van der Waals surface area contributed by atoms with E-state index in [0.29, 0.717) is 37.7 Å². The Morgan fingerprint density at radius 2 is 1.90 bits per heavy atom. The molecule has 0 saturated carbocycles. The van der Waals surface area contributed by atoms with Gasteiger partial charge in [-0.1, -0.05) is 44.5 Å². The van der Waals surface area contributed by atoms with E-state index in [1.807, 2.05) is 45.0 Å². The highest BCUT2D eigenvalue weighted by atomic mass is 35.5. The van der Waals surface area contributed by atoms with Crippen molar-refractivity contribution in [1.29, 1.82) is 0 Å². The van der Waals surface area contributed by atoms with E-state index in [2.05, 4.69) is 16.3 Å². The van der Waals surface area contributed by atoms with Gasteiger partial charge in [-0.3, -0.25) is 24.3 Å². The van der Waals surface area contributed by atoms with Crippen LogP contribution >= 0.6 is 11.6 Å². The van der Waals surface area contributed by atoms with Crippen LogP contribution in [0.15, 0.2) is 36.5 Å². The van der Waals surface area contributed by atoms with Crippen molar-refractivity contribution in [2.75, 3.05) is 32.8 Å². The maximum Gasteiger partial charge on any atom is 0.305 e. The highest BCUT2D eigenvalue weighted by Crippen LogP contribution is 2.39. The molecular formula is C30H39ClN4O4. The molecule has 8 nitrogen and oxygen atoms in total. The quantitative estimate of drug-likeness (QED) is 0.412. The molecule has 0 bridgehead atoms. The Bertz CT molecular complexity index is 1210. The van der Waals surface area contributed by atoms with Crippen LogP contribution in [0.25, 0.3) is 0 Å². The number of aromatic nitrogens is 1. The summed E-state index contributed by atoms with van der Waals surface area (Å²) in [6, 6.07) is 9.17. The van der Waals surface area contributed by atoms with Gasteiger partial charge in [-0.05, 0) is 61.1 Å². The summed E-state index contributed by atoms with van der Waals surface area (Å²) in [7, 11) is 0. The molecular weight excluding hydrogens is 516 g/mol. The number of benzene rings is 1. The molecule has 210 valence electrons. The topological polar surface area (TPSA) is 91.8 Å². The maximum atomic E-state index is 13.8. The van der Waals surface area contributed by atoms with E-state index >= 15 is 0 Å². The van der Waals surface area contributed by atoms with Crippen LogP contribution in [0.5, 0.6) is 0 Å². The number of pyridine rings is 1. The minimum absolute atomic E-state index is 0.0221. The Kier molecular flexibility index (Phi) is 9.28. The van der Waals surface area contributed by atoms with Gasteiger partial charge < -0.3 is 15.0 Å². The molecule has 2 heterocycles. The van der Waals surface area contributed by atoms with Gasteiger partial charge in [0, 0.05) is 49.2 Å². The number of rotatable bonds is 7. The Balaban J connectivity index is 1.66. The van der Waals surface area contributed by atoms with Crippen LogP contribution < -0.4 is 5.32 Å². The summed E-state index contributed by atoms with van der Waals surface area (Å²) < 4.78 is 5.00. The molecule has 1 saturated heterocycles. The van der Waals surface area contributed by atoms with Crippen LogP contribution in [0.4, 0.5) is 0 Å². The smallest absolute Gasteiger partial charge is 0.305 e. The number of hydrogen-bond donors (Lipinski definition) is 1. The molecule has 2 aliphatic rings. The molecule has 0 radical (unpaired) electrons. The highest BCUT2D eigenvalue weighted by Gasteiger charge is 2.42. The van der Waals surface area contributed by atoms with Gasteiger partial charge >= 0.3 is 5.97 Å². The first-order chi connectivity index (χ1) is 18.6. The van der Waals surface area contributed by atoms with Crippen molar-refractivity contribution in [1.82, 2.24) is 20.1 Å². The second-order valence-electron chi connectivity index (χ2n) is 11.2. The van der Waals surface area contributed by atoms with Crippen molar-refractivity contribution in [2.24, 2.45) is 5.41 Å². The zero-order chi connectivity index (χ0) is 28.2. The number of nitrogens with one attached hydrogen (secondary N) is 1. The van der Waals surface area contributed by atoms with Gasteiger partial charge in [0.15, 0.2) is 0 Å². The number of halogens is 1. The first-order valence-corrected chi connectivity index (χ1v) is 14.2. The first kappa shape index (κ1) is 29.0. The number of nitrogens with zero attached hydrogens (tertiary/aromatic N) is 3. The molecule has 2 atom stereocenters. The molecule has 1 aromatic carbocycles. The average Bonchev–Trinajstić information content (AvgIpc) is 3.06. The predicted octanol–water partition coefficient (Wildman–Crippen LogP) is 3.94. The molecule has 1 aliphatic heterocycles. The molecule has 0 spiro atoms. The largest absolute Gasteiger partial charge is 0.466 e. The van der Waals surface area contributed by atoms with Crippen LogP contribution in [0.3, 0.4) is 0 Å². The van der Waals surface area contributed by atoms with Crippen LogP contribution in [0, 0.1) is 5.41 Å². The van der Waals surface area contributed by atoms with E-state index < -0.39 is 11.5 Å². The minimum atomic E-state index is -0.589. The number of aryl methyl sites for hydroxylation is 2. The number of piperazine rings is 1. The van der Waals surface area contributed by atoms with Crippen LogP contribution in [0.1, 0.15) is 69.0 Å². The zero-order valence-corrected chi connectivity index (χ0v) is 24.1. The Morgan fingerprint density at radius 1 is 1.13 bits per heavy atom. The number of esters is 1. The normalized spacial score (nSPS) is 19.5. The summed E-state index contributed by atoms with van der Waals surface area (Å²) in [5.74, 6) is -0.416. The van der Waals surface area contributed by atoms with Crippen molar-refractivity contribution in [3.8, 4) is 0 Å². The monoisotopic (exact) mass is 554 g/mol. The summed E-state index contributed by atoms with van der Waals surface area (Å²) >= 11 is 6.39. The van der Waals surface area contributed by atoms with Crippen molar-refractivity contribution in [2.45, 2.75) is 65.5 Å². The minimum Gasteiger partial charge on any atom is -0.466 e. The fraction of sp³-hybridized carbons (Fsp3) is 0.533. The van der Waals surface area contributed by atoms with E-state index in [-0.39, 0.29) is 36.8 Å². The second-order valence-corrected chi connectivity index (χ2v) is 11.7. The number of fused-ring (bicyclic) bond motifs is 2. The van der Waals surface area contributed by atoms with Crippen LogP contribution in [-0.4, -0.2) is 71.4 Å². The van der Waals surface area contributed by atoms with E-state index in [9.17, 15) is 14.4 Å². The summed E-state index contributed by atoms with van der Waals surface area (Å²) in [5.41, 5.74) is 3.77. The standard InChI is InChI=1S/C30H39ClN4O4/c1-5-39-25(36)9-7-15-33-28(37)24-19-34(29(38)30(2,3)4)16-17-35(24)27-23-13-12-22(31)18-21(23)11-10-20-8-6-14-32-26(20)27/h6,8,12-14,18,24,27H,5,7,9-11,15-17,19H2,1-4H3,(H,33,37)/t24-,27?/m1/s1. The third-order valence-corrected chi connectivity index (χ3v) is 7.63. The Labute approximate surface area is 236 Å². The van der Waals surface area contributed by atoms with Gasteiger partial charge in [-0.25, -0.2) is 0 Å². The predicted molar refractivity (Wildman–Crippen MR) is 150 cm³/mol. The summed E-state index contributed by atoms with van der Waals surface area (Å²) in [6.45, 7) is 9.48. The van der Waals surface area contributed by atoms with Gasteiger partial charge in [0.05, 0.1) is 18.3 Å². The number of hydrogen-bond acceptors (Lipinski definition) is 6. The van der Waals surface area contributed by atoms with Gasteiger partial charge in [0.2, 0.25) is 11.8 Å². The molecule has 1 N–H and O–H groups in total. The number of carbonyl (C=O) groups excluding carboxylic acids is 3. The molecule has 1 aliphatic carbocycles. The van der Waals surface area contributed by atoms with Crippen molar-refractivity contribution < 1.29 is 19.1 Å². The van der Waals surface area contributed by atoms with Crippen molar-refractivity contribution in [3.05, 3.63) is 63.9 Å². The van der Waals surface area contributed by atoms with Gasteiger partial charge in [-0.2, -0.15) is 0 Å². The fourth-order valence-electron chi connectivity index (χ4n) is 5.51. The molecule has 1 fully saturated rings. The Morgan fingerprint density at radius 3 is 2.64 bits per heavy atom. The highest BCUT2D eigenvalue weighted by molar-refractivity contribution is 6.30. The third-order valence-electron chi connectivity index (χ3n) is 7.40. The first-order valence-electron chi connectivity index (χ1n) is 13.8. The second kappa shape index (κ2) is 12.5. The van der Waals surface area contributed by atoms with Crippen molar-refractivity contribution in [3.63, 3.8) is 0 Å². The lowest BCUT2D eigenvalue weighted by molar-refractivity contribution is -0.146. The summed E-state index contributed by atoms with van der Waals surface area (Å²) in [5, 5.41) is 3.71. The maximum absolute atomic E-state index is 13.8. The van der Waals surface area contributed by atoms with Gasteiger partial charge in [-0.15, -0.1) is 0 Å². The molecule has 39 heavy (non-hydrogen) atoms. The van der Waals surface area contributed by atoms with E-state index in [1.165, 1.54) is 0 Å². The number of ether oxygens (including phenoxy) is 1. The number of amides is 2. The molecule has 4 rings (SSSR count). The number of carbonyl (C=O) groups is 3. The molecule has 2 amide bonds. The molecule has 1 unspecified atom stereocenters. The van der Waals surface area contributed by atoms with Crippen LogP contribution in [0.2, 0.25) is 5.02 Å². The molecule has 9 heteroatoms. The molecule has 2 aromatic rings.